The minimum absolute atomic E-state index is 0.258. The Morgan fingerprint density at radius 2 is 2.25 bits per heavy atom. The smallest absolute Gasteiger partial charge is 0.272 e. The van der Waals surface area contributed by atoms with Crippen molar-refractivity contribution in [1.82, 2.24) is 14.9 Å². The normalized spacial score (nSPS) is 10.5. The molecule has 0 aliphatic heterocycles. The van der Waals surface area contributed by atoms with Gasteiger partial charge in [-0.3, -0.25) is 4.79 Å². The zero-order chi connectivity index (χ0) is 14.4. The van der Waals surface area contributed by atoms with E-state index in [1.165, 1.54) is 0 Å². The summed E-state index contributed by atoms with van der Waals surface area (Å²) in [6.45, 7) is 1.13. The number of halogens is 2. The van der Waals surface area contributed by atoms with Crippen molar-refractivity contribution in [2.24, 2.45) is 0 Å². The lowest BCUT2D eigenvalue weighted by molar-refractivity contribution is 0.0896. The zero-order valence-corrected chi connectivity index (χ0v) is 12.6. The van der Waals surface area contributed by atoms with E-state index in [9.17, 15) is 4.79 Å². The van der Waals surface area contributed by atoms with Crippen LogP contribution in [-0.4, -0.2) is 28.6 Å². The molecule has 0 unspecified atom stereocenters. The second kappa shape index (κ2) is 7.54. The Kier molecular flexibility index (Phi) is 5.72. The molecule has 2 aromatic rings. The Hall–Kier alpha value is -1.21. The molecule has 1 aromatic heterocycles. The average Bonchev–Trinajstić information content (AvgIpc) is 2.94. The summed E-state index contributed by atoms with van der Waals surface area (Å²) in [5, 5.41) is 9.09. The molecule has 0 aliphatic rings. The maximum atomic E-state index is 11.5. The standard InChI is InChI=1S/C12H11Cl2N3O2S/c13-9-2-1-8(10(14)5-9)6-19-4-3-15-12(18)11-7-20-17-16-11/h1-2,5,7H,3-4,6H2,(H,15,18). The van der Waals surface area contributed by atoms with E-state index in [0.29, 0.717) is 35.5 Å². The molecule has 1 aromatic carbocycles. The Morgan fingerprint density at radius 1 is 1.40 bits per heavy atom. The van der Waals surface area contributed by atoms with Crippen LogP contribution in [0.3, 0.4) is 0 Å². The van der Waals surface area contributed by atoms with Crippen molar-refractivity contribution in [1.29, 1.82) is 0 Å². The van der Waals surface area contributed by atoms with Crippen molar-refractivity contribution >= 4 is 40.6 Å². The van der Waals surface area contributed by atoms with E-state index in [1.54, 1.807) is 17.5 Å². The topological polar surface area (TPSA) is 64.1 Å². The number of aromatic nitrogens is 2. The van der Waals surface area contributed by atoms with Crippen LogP contribution >= 0.6 is 34.7 Å². The molecule has 106 valence electrons. The van der Waals surface area contributed by atoms with E-state index >= 15 is 0 Å². The van der Waals surface area contributed by atoms with Crippen LogP contribution in [-0.2, 0) is 11.3 Å². The zero-order valence-electron chi connectivity index (χ0n) is 10.3. The van der Waals surface area contributed by atoms with Gasteiger partial charge in [-0.2, -0.15) is 0 Å². The molecule has 1 N–H and O–H groups in total. The molecule has 0 atom stereocenters. The number of nitrogens with zero attached hydrogens (tertiary/aromatic N) is 2. The lowest BCUT2D eigenvalue weighted by Crippen LogP contribution is -2.27. The summed E-state index contributed by atoms with van der Waals surface area (Å²) in [6.07, 6.45) is 0. The fraction of sp³-hybridized carbons (Fsp3) is 0.250. The number of nitrogens with one attached hydrogen (secondary N) is 1. The van der Waals surface area contributed by atoms with Gasteiger partial charge in [-0.25, -0.2) is 0 Å². The molecule has 0 radical (unpaired) electrons. The SMILES string of the molecule is O=C(NCCOCc1ccc(Cl)cc1Cl)c1csnn1. The van der Waals surface area contributed by atoms with Gasteiger partial charge in [-0.1, -0.05) is 33.8 Å². The van der Waals surface area contributed by atoms with Crippen LogP contribution in [0.25, 0.3) is 0 Å². The summed E-state index contributed by atoms with van der Waals surface area (Å²) in [5.74, 6) is -0.258. The lowest BCUT2D eigenvalue weighted by atomic mass is 10.2. The number of hydrogen-bond acceptors (Lipinski definition) is 5. The van der Waals surface area contributed by atoms with E-state index < -0.39 is 0 Å². The molecule has 20 heavy (non-hydrogen) atoms. The maximum absolute atomic E-state index is 11.5. The fourth-order valence-electron chi connectivity index (χ4n) is 1.41. The van der Waals surface area contributed by atoms with Crippen LogP contribution in [0.15, 0.2) is 23.6 Å². The molecular weight excluding hydrogens is 321 g/mol. The fourth-order valence-corrected chi connectivity index (χ4v) is 2.31. The van der Waals surface area contributed by atoms with Gasteiger partial charge in [-0.05, 0) is 29.2 Å². The molecule has 1 amide bonds. The van der Waals surface area contributed by atoms with Crippen LogP contribution in [0.2, 0.25) is 10.0 Å². The molecule has 8 heteroatoms. The molecule has 0 saturated carbocycles. The lowest BCUT2D eigenvalue weighted by Gasteiger charge is -2.07. The minimum Gasteiger partial charge on any atom is -0.375 e. The van der Waals surface area contributed by atoms with Gasteiger partial charge in [0.2, 0.25) is 0 Å². The van der Waals surface area contributed by atoms with Crippen molar-refractivity contribution in [3.05, 3.63) is 44.9 Å². The summed E-state index contributed by atoms with van der Waals surface area (Å²) in [6, 6.07) is 5.23. The van der Waals surface area contributed by atoms with Gasteiger partial charge in [0.25, 0.3) is 5.91 Å². The molecule has 0 spiro atoms. The Balaban J connectivity index is 1.68. The maximum Gasteiger partial charge on any atom is 0.272 e. The first-order chi connectivity index (χ1) is 9.66. The summed E-state index contributed by atoms with van der Waals surface area (Å²) in [4.78, 5) is 11.5. The second-order valence-corrected chi connectivity index (χ2v) is 5.29. The van der Waals surface area contributed by atoms with Gasteiger partial charge in [0.15, 0.2) is 5.69 Å². The number of amides is 1. The van der Waals surface area contributed by atoms with Crippen molar-refractivity contribution in [3.8, 4) is 0 Å². The highest BCUT2D eigenvalue weighted by atomic mass is 35.5. The van der Waals surface area contributed by atoms with Crippen LogP contribution in [0.4, 0.5) is 0 Å². The molecular formula is C12H11Cl2N3O2S. The molecule has 1 heterocycles. The van der Waals surface area contributed by atoms with Crippen molar-refractivity contribution in [2.45, 2.75) is 6.61 Å². The number of rotatable bonds is 6. The largest absolute Gasteiger partial charge is 0.375 e. The van der Waals surface area contributed by atoms with E-state index in [4.69, 9.17) is 27.9 Å². The van der Waals surface area contributed by atoms with Gasteiger partial charge in [0.1, 0.15) is 0 Å². The van der Waals surface area contributed by atoms with E-state index in [1.807, 2.05) is 6.07 Å². The highest BCUT2D eigenvalue weighted by Gasteiger charge is 2.07. The molecule has 0 saturated heterocycles. The monoisotopic (exact) mass is 331 g/mol. The summed E-state index contributed by atoms with van der Waals surface area (Å²) in [7, 11) is 0. The molecule has 0 aliphatic carbocycles. The number of benzene rings is 1. The third kappa shape index (κ3) is 4.42. The molecule has 2 rings (SSSR count). The van der Waals surface area contributed by atoms with Crippen LogP contribution in [0.1, 0.15) is 16.1 Å². The van der Waals surface area contributed by atoms with Crippen molar-refractivity contribution in [2.75, 3.05) is 13.2 Å². The predicted molar refractivity (Wildman–Crippen MR) is 78.4 cm³/mol. The second-order valence-electron chi connectivity index (χ2n) is 3.83. The molecule has 5 nitrogen and oxygen atoms in total. The summed E-state index contributed by atoms with van der Waals surface area (Å²) in [5.41, 5.74) is 1.17. The van der Waals surface area contributed by atoms with E-state index in [0.717, 1.165) is 17.1 Å². The number of carbonyl (C=O) groups is 1. The van der Waals surface area contributed by atoms with Crippen molar-refractivity contribution in [3.63, 3.8) is 0 Å². The Bertz CT molecular complexity index is 578. The van der Waals surface area contributed by atoms with Crippen LogP contribution in [0.5, 0.6) is 0 Å². The van der Waals surface area contributed by atoms with Gasteiger partial charge >= 0.3 is 0 Å². The highest BCUT2D eigenvalue weighted by molar-refractivity contribution is 7.03. The van der Waals surface area contributed by atoms with Crippen molar-refractivity contribution < 1.29 is 9.53 Å². The molecule has 0 fully saturated rings. The third-order valence-electron chi connectivity index (χ3n) is 2.40. The van der Waals surface area contributed by atoms with E-state index in [2.05, 4.69) is 14.9 Å². The molecule has 0 bridgehead atoms. The van der Waals surface area contributed by atoms with Crippen LogP contribution in [0, 0.1) is 0 Å². The van der Waals surface area contributed by atoms with Gasteiger partial charge < -0.3 is 10.1 Å². The first-order valence-corrected chi connectivity index (χ1v) is 7.33. The van der Waals surface area contributed by atoms with Gasteiger partial charge in [0.05, 0.1) is 13.2 Å². The predicted octanol–water partition coefficient (Wildman–Crippen LogP) is 2.79. The first kappa shape index (κ1) is 15.2. The minimum atomic E-state index is -0.258. The third-order valence-corrected chi connectivity index (χ3v) is 3.49. The summed E-state index contributed by atoms with van der Waals surface area (Å²) < 4.78 is 9.05. The average molecular weight is 332 g/mol. The van der Waals surface area contributed by atoms with Gasteiger partial charge in [-0.15, -0.1) is 5.10 Å². The quantitative estimate of drug-likeness (QED) is 0.826. The Morgan fingerprint density at radius 3 is 2.95 bits per heavy atom. The van der Waals surface area contributed by atoms with Gasteiger partial charge in [0, 0.05) is 22.0 Å². The van der Waals surface area contributed by atoms with Crippen LogP contribution < -0.4 is 5.32 Å². The summed E-state index contributed by atoms with van der Waals surface area (Å²) >= 11 is 12.9. The number of hydrogen-bond donors (Lipinski definition) is 1. The first-order valence-electron chi connectivity index (χ1n) is 5.74. The van der Waals surface area contributed by atoms with E-state index in [-0.39, 0.29) is 5.91 Å². The number of carbonyl (C=O) groups excluding carboxylic acids is 1. The number of ether oxygens (including phenoxy) is 1. The Labute approximate surface area is 130 Å². The highest BCUT2D eigenvalue weighted by Crippen LogP contribution is 2.21.